The molecule has 0 spiro atoms. The van der Waals surface area contributed by atoms with Gasteiger partial charge in [-0.1, -0.05) is 65.7 Å². The monoisotopic (exact) mass is 413 g/mol. The van der Waals surface area contributed by atoms with Gasteiger partial charge < -0.3 is 0 Å². The van der Waals surface area contributed by atoms with Crippen molar-refractivity contribution in [3.63, 3.8) is 0 Å². The number of fused-ring (bicyclic) bond motifs is 3. The van der Waals surface area contributed by atoms with Gasteiger partial charge in [-0.05, 0) is 35.9 Å². The Morgan fingerprint density at radius 2 is 1.55 bits per heavy atom. The van der Waals surface area contributed by atoms with Gasteiger partial charge in [0, 0.05) is 32.8 Å². The van der Waals surface area contributed by atoms with E-state index in [1.54, 1.807) is 0 Å². The average Bonchev–Trinajstić information content (AvgIpc) is 3.12. The molecule has 0 atom stereocenters. The van der Waals surface area contributed by atoms with E-state index in [4.69, 9.17) is 28.2 Å². The third-order valence-corrected chi connectivity index (χ3v) is 5.47. The average molecular weight is 414 g/mol. The van der Waals surface area contributed by atoms with Crippen molar-refractivity contribution in [3.05, 3.63) is 94.6 Å². The van der Waals surface area contributed by atoms with E-state index in [1.165, 1.54) is 0 Å². The van der Waals surface area contributed by atoms with Crippen LogP contribution in [-0.4, -0.2) is 9.38 Å². The molecule has 0 saturated carbocycles. The minimum absolute atomic E-state index is 0.529. The second kappa shape index (κ2) is 6.93. The van der Waals surface area contributed by atoms with E-state index in [0.717, 1.165) is 33.3 Å². The van der Waals surface area contributed by atoms with Crippen LogP contribution in [0.25, 0.3) is 38.9 Å². The van der Waals surface area contributed by atoms with Gasteiger partial charge in [0.1, 0.15) is 11.6 Å². The second-order valence-corrected chi connectivity index (χ2v) is 7.59. The lowest BCUT2D eigenvalue weighted by molar-refractivity contribution is 1.20. The van der Waals surface area contributed by atoms with E-state index in [-0.39, 0.29) is 0 Å². The lowest BCUT2D eigenvalue weighted by Gasteiger charge is -2.09. The van der Waals surface area contributed by atoms with E-state index in [0.29, 0.717) is 21.3 Å². The predicted octanol–water partition coefficient (Wildman–Crippen LogP) is 7.00. The molecule has 0 aliphatic carbocycles. The number of hydrogen-bond acceptors (Lipinski definition) is 2. The highest BCUT2D eigenvalue weighted by Gasteiger charge is 2.18. The van der Waals surface area contributed by atoms with Crippen LogP contribution in [0.4, 0.5) is 0 Å². The van der Waals surface area contributed by atoms with Crippen LogP contribution in [0.1, 0.15) is 5.56 Å². The molecule has 5 aromatic rings. The molecule has 2 heterocycles. The van der Waals surface area contributed by atoms with Crippen molar-refractivity contribution < 1.29 is 0 Å². The summed E-state index contributed by atoms with van der Waals surface area (Å²) in [5.41, 5.74) is 5.59. The maximum atomic E-state index is 9.95. The molecule has 0 radical (unpaired) electrons. The second-order valence-electron chi connectivity index (χ2n) is 6.72. The van der Waals surface area contributed by atoms with Crippen LogP contribution >= 0.6 is 23.2 Å². The van der Waals surface area contributed by atoms with Gasteiger partial charge in [0.05, 0.1) is 11.2 Å². The summed E-state index contributed by atoms with van der Waals surface area (Å²) >= 11 is 12.3. The van der Waals surface area contributed by atoms with Crippen LogP contribution in [0.3, 0.4) is 0 Å². The lowest BCUT2D eigenvalue weighted by atomic mass is 10.0. The van der Waals surface area contributed by atoms with Crippen molar-refractivity contribution in [2.75, 3.05) is 0 Å². The number of halogens is 2. The standard InChI is InChI=1S/C24H13Cl2N3/c25-17-8-6-15(7-9-17)21-14-29-22-11-10-18(26)12-19(22)23(16-4-2-1-3-5-16)28-24(29)20(21)13-27/h1-12,14H. The fraction of sp³-hybridized carbons (Fsp3) is 0. The Hall–Kier alpha value is -3.32. The van der Waals surface area contributed by atoms with Crippen molar-refractivity contribution in [1.82, 2.24) is 9.38 Å². The lowest BCUT2D eigenvalue weighted by Crippen LogP contribution is -1.95. The molecule has 0 aliphatic heterocycles. The van der Waals surface area contributed by atoms with Crippen LogP contribution in [0.2, 0.25) is 10.0 Å². The van der Waals surface area contributed by atoms with Gasteiger partial charge >= 0.3 is 0 Å². The normalized spacial score (nSPS) is 11.1. The molecule has 0 unspecified atom stereocenters. The molecule has 5 rings (SSSR count). The zero-order valence-electron chi connectivity index (χ0n) is 15.1. The van der Waals surface area contributed by atoms with Gasteiger partial charge in [-0.2, -0.15) is 5.26 Å². The van der Waals surface area contributed by atoms with E-state index in [2.05, 4.69) is 6.07 Å². The van der Waals surface area contributed by atoms with Gasteiger partial charge in [0.25, 0.3) is 0 Å². The first kappa shape index (κ1) is 17.8. The predicted molar refractivity (Wildman–Crippen MR) is 118 cm³/mol. The van der Waals surface area contributed by atoms with Gasteiger partial charge in [-0.25, -0.2) is 4.98 Å². The molecule has 3 nitrogen and oxygen atoms in total. The van der Waals surface area contributed by atoms with Crippen molar-refractivity contribution in [3.8, 4) is 28.5 Å². The molecule has 0 bridgehead atoms. The summed E-state index contributed by atoms with van der Waals surface area (Å²) in [6, 6.07) is 25.5. The number of rotatable bonds is 2. The topological polar surface area (TPSA) is 41.1 Å². The van der Waals surface area contributed by atoms with Gasteiger partial charge in [-0.3, -0.25) is 4.40 Å². The van der Waals surface area contributed by atoms with E-state index in [9.17, 15) is 5.26 Å². The molecule has 0 aliphatic rings. The van der Waals surface area contributed by atoms with Crippen LogP contribution < -0.4 is 0 Å². The highest BCUT2D eigenvalue weighted by atomic mass is 35.5. The Balaban J connectivity index is 1.91. The molecular weight excluding hydrogens is 401 g/mol. The number of nitrogens with zero attached hydrogens (tertiary/aromatic N) is 3. The molecule has 5 heteroatoms. The first-order chi connectivity index (χ1) is 14.2. The maximum Gasteiger partial charge on any atom is 0.156 e. The Bertz CT molecular complexity index is 1410. The van der Waals surface area contributed by atoms with E-state index >= 15 is 0 Å². The molecule has 0 N–H and O–H groups in total. The minimum atomic E-state index is 0.529. The van der Waals surface area contributed by atoms with E-state index < -0.39 is 0 Å². The van der Waals surface area contributed by atoms with Gasteiger partial charge in [-0.15, -0.1) is 0 Å². The molecule has 3 aromatic carbocycles. The molecule has 29 heavy (non-hydrogen) atoms. The zero-order valence-corrected chi connectivity index (χ0v) is 16.6. The third kappa shape index (κ3) is 2.94. The third-order valence-electron chi connectivity index (χ3n) is 4.98. The Morgan fingerprint density at radius 1 is 0.828 bits per heavy atom. The molecular formula is C24H13Cl2N3. The van der Waals surface area contributed by atoms with Crippen molar-refractivity contribution >= 4 is 39.8 Å². The Labute approximate surface area is 177 Å². The summed E-state index contributed by atoms with van der Waals surface area (Å²) in [7, 11) is 0. The fourth-order valence-corrected chi connectivity index (χ4v) is 3.94. The van der Waals surface area contributed by atoms with Crippen LogP contribution in [-0.2, 0) is 0 Å². The summed E-state index contributed by atoms with van der Waals surface area (Å²) < 4.78 is 1.96. The molecule has 138 valence electrons. The summed E-state index contributed by atoms with van der Waals surface area (Å²) in [6.45, 7) is 0. The molecule has 2 aromatic heterocycles. The van der Waals surface area contributed by atoms with E-state index in [1.807, 2.05) is 83.4 Å². The number of aromatic nitrogens is 2. The number of hydrogen-bond donors (Lipinski definition) is 0. The molecule has 0 amide bonds. The Morgan fingerprint density at radius 3 is 2.28 bits per heavy atom. The summed E-state index contributed by atoms with van der Waals surface area (Å²) in [5.74, 6) is 0. The van der Waals surface area contributed by atoms with Crippen molar-refractivity contribution in [1.29, 1.82) is 5.26 Å². The SMILES string of the molecule is N#Cc1c(-c2ccc(Cl)cc2)cn2c1nc(-c1ccccc1)c1cc(Cl)ccc12. The maximum absolute atomic E-state index is 9.95. The van der Waals surface area contributed by atoms with Crippen LogP contribution in [0.5, 0.6) is 0 Å². The van der Waals surface area contributed by atoms with Gasteiger partial charge in [0.2, 0.25) is 0 Å². The number of benzene rings is 3. The minimum Gasteiger partial charge on any atom is -0.299 e. The van der Waals surface area contributed by atoms with Crippen molar-refractivity contribution in [2.24, 2.45) is 0 Å². The van der Waals surface area contributed by atoms with Crippen LogP contribution in [0, 0.1) is 11.3 Å². The highest BCUT2D eigenvalue weighted by Crippen LogP contribution is 2.35. The van der Waals surface area contributed by atoms with Crippen LogP contribution in [0.15, 0.2) is 79.0 Å². The first-order valence-electron chi connectivity index (χ1n) is 9.01. The fourth-order valence-electron chi connectivity index (χ4n) is 3.64. The smallest absolute Gasteiger partial charge is 0.156 e. The zero-order chi connectivity index (χ0) is 20.0. The first-order valence-corrected chi connectivity index (χ1v) is 9.77. The number of nitriles is 1. The largest absolute Gasteiger partial charge is 0.299 e. The summed E-state index contributed by atoms with van der Waals surface area (Å²) in [4.78, 5) is 4.90. The Kier molecular flexibility index (Phi) is 4.24. The molecule has 0 fully saturated rings. The van der Waals surface area contributed by atoms with Gasteiger partial charge in [0.15, 0.2) is 5.65 Å². The summed E-state index contributed by atoms with van der Waals surface area (Å²) in [5, 5.41) is 12.2. The summed E-state index contributed by atoms with van der Waals surface area (Å²) in [6.07, 6.45) is 1.95. The molecule has 0 saturated heterocycles. The highest BCUT2D eigenvalue weighted by molar-refractivity contribution is 6.31. The quantitative estimate of drug-likeness (QED) is 0.312. The van der Waals surface area contributed by atoms with Crippen molar-refractivity contribution in [2.45, 2.75) is 0 Å².